The third-order valence-electron chi connectivity index (χ3n) is 4.05. The van der Waals surface area contributed by atoms with E-state index in [9.17, 15) is 32.3 Å². The van der Waals surface area contributed by atoms with Crippen LogP contribution in [0.3, 0.4) is 0 Å². The number of allylic oxidation sites excluding steroid dienone is 10. The van der Waals surface area contributed by atoms with Gasteiger partial charge in [-0.2, -0.15) is 17.6 Å². The molecule has 1 heterocycles. The molecule has 3 aliphatic rings. The number of rotatable bonds is 2. The van der Waals surface area contributed by atoms with Crippen LogP contribution in [-0.4, -0.2) is 33.9 Å². The average Bonchev–Trinajstić information content (AvgIpc) is 2.73. The lowest BCUT2D eigenvalue weighted by atomic mass is 9.97. The van der Waals surface area contributed by atoms with Gasteiger partial charge >= 0.3 is 11.8 Å². The number of aliphatic hydroxyl groups excluding tert-OH is 1. The minimum Gasteiger partial charge on any atom is -0.505 e. The summed E-state index contributed by atoms with van der Waals surface area (Å²) in [5.74, 6) is -14.0. The highest BCUT2D eigenvalue weighted by molar-refractivity contribution is 6.05. The van der Waals surface area contributed by atoms with Gasteiger partial charge in [-0.25, -0.2) is 0 Å². The standard InChI is InChI=1S/C17H11F4NO3/c18-16(19)14(24)13(15(25)17(16,20)21)22-7-5-12(6-8-22)11-3-1-10(9-23)2-4-11/h1-3,5-9,24H,4H2. The summed E-state index contributed by atoms with van der Waals surface area (Å²) in [6.07, 6.45) is 11.3. The van der Waals surface area contributed by atoms with Crippen molar-refractivity contribution < 1.29 is 32.3 Å². The zero-order chi connectivity index (χ0) is 18.4. The van der Waals surface area contributed by atoms with E-state index in [1.54, 1.807) is 18.2 Å². The highest BCUT2D eigenvalue weighted by Gasteiger charge is 2.72. The molecule has 0 radical (unpaired) electrons. The van der Waals surface area contributed by atoms with Crippen LogP contribution in [0, 0.1) is 0 Å². The van der Waals surface area contributed by atoms with E-state index in [1.807, 2.05) is 0 Å². The summed E-state index contributed by atoms with van der Waals surface area (Å²) in [4.78, 5) is 23.0. The van der Waals surface area contributed by atoms with Crippen molar-refractivity contribution in [2.75, 3.05) is 0 Å². The van der Waals surface area contributed by atoms with Crippen molar-refractivity contribution in [2.24, 2.45) is 0 Å². The molecule has 0 aromatic carbocycles. The molecule has 1 aliphatic heterocycles. The summed E-state index contributed by atoms with van der Waals surface area (Å²) in [5.41, 5.74) is 0.821. The predicted molar refractivity (Wildman–Crippen MR) is 79.6 cm³/mol. The number of ketones is 1. The van der Waals surface area contributed by atoms with E-state index in [-0.39, 0.29) is 0 Å². The van der Waals surface area contributed by atoms with Crippen LogP contribution in [0.2, 0.25) is 0 Å². The first-order valence-corrected chi connectivity index (χ1v) is 7.15. The van der Waals surface area contributed by atoms with Crippen LogP contribution in [0.1, 0.15) is 6.42 Å². The van der Waals surface area contributed by atoms with Gasteiger partial charge in [-0.3, -0.25) is 9.59 Å². The van der Waals surface area contributed by atoms with Gasteiger partial charge in [-0.1, -0.05) is 18.2 Å². The second-order valence-corrected chi connectivity index (χ2v) is 5.55. The van der Waals surface area contributed by atoms with E-state index in [0.29, 0.717) is 23.9 Å². The first-order chi connectivity index (χ1) is 11.7. The first-order valence-electron chi connectivity index (χ1n) is 7.15. The quantitative estimate of drug-likeness (QED) is 0.611. The number of alkyl halides is 4. The van der Waals surface area contributed by atoms with Gasteiger partial charge in [0.15, 0.2) is 5.76 Å². The molecule has 0 saturated heterocycles. The maximum atomic E-state index is 13.4. The van der Waals surface area contributed by atoms with Crippen LogP contribution in [0.25, 0.3) is 0 Å². The number of halogens is 4. The summed E-state index contributed by atoms with van der Waals surface area (Å²) in [5, 5.41) is 9.40. The van der Waals surface area contributed by atoms with Crippen LogP contribution >= 0.6 is 0 Å². The maximum Gasteiger partial charge on any atom is 0.380 e. The molecular formula is C17H11F4NO3. The van der Waals surface area contributed by atoms with Gasteiger partial charge < -0.3 is 10.0 Å². The van der Waals surface area contributed by atoms with Gasteiger partial charge in [0.2, 0.25) is 0 Å². The fourth-order valence-corrected chi connectivity index (χ4v) is 2.59. The van der Waals surface area contributed by atoms with Crippen molar-refractivity contribution >= 4 is 12.1 Å². The largest absolute Gasteiger partial charge is 0.505 e. The van der Waals surface area contributed by atoms with Gasteiger partial charge in [-0.15, -0.1) is 0 Å². The summed E-state index contributed by atoms with van der Waals surface area (Å²) in [6.45, 7) is 0. The molecule has 0 spiro atoms. The number of aliphatic hydroxyl groups is 1. The van der Waals surface area contributed by atoms with Crippen molar-refractivity contribution in [3.8, 4) is 0 Å². The normalized spacial score (nSPS) is 24.2. The average molecular weight is 353 g/mol. The Balaban J connectivity index is 1.88. The van der Waals surface area contributed by atoms with Gasteiger partial charge in [-0.05, 0) is 29.7 Å². The van der Waals surface area contributed by atoms with Gasteiger partial charge in [0.05, 0.1) is 0 Å². The van der Waals surface area contributed by atoms with E-state index >= 15 is 0 Å². The Hall–Kier alpha value is -2.90. The molecule has 130 valence electrons. The Morgan fingerprint density at radius 2 is 1.68 bits per heavy atom. The topological polar surface area (TPSA) is 57.6 Å². The maximum absolute atomic E-state index is 13.4. The van der Waals surface area contributed by atoms with E-state index in [4.69, 9.17) is 0 Å². The molecule has 0 fully saturated rings. The lowest BCUT2D eigenvalue weighted by Crippen LogP contribution is -2.42. The van der Waals surface area contributed by atoms with E-state index in [1.165, 1.54) is 12.2 Å². The Morgan fingerprint density at radius 3 is 2.12 bits per heavy atom. The molecule has 25 heavy (non-hydrogen) atoms. The van der Waals surface area contributed by atoms with E-state index in [0.717, 1.165) is 22.9 Å². The Kier molecular flexibility index (Phi) is 3.78. The molecule has 4 nitrogen and oxygen atoms in total. The molecule has 0 aromatic rings. The number of aldehydes is 1. The fourth-order valence-electron chi connectivity index (χ4n) is 2.59. The van der Waals surface area contributed by atoms with Crippen LogP contribution in [0.5, 0.6) is 0 Å². The van der Waals surface area contributed by atoms with Crippen LogP contribution < -0.4 is 0 Å². The number of Topliss-reactive ketones (excluding diaryl/α,β-unsaturated/α-hetero) is 1. The van der Waals surface area contributed by atoms with Crippen molar-refractivity contribution in [2.45, 2.75) is 18.3 Å². The number of hydrogen-bond acceptors (Lipinski definition) is 4. The number of nitrogens with zero attached hydrogens (tertiary/aromatic N) is 1. The smallest absolute Gasteiger partial charge is 0.380 e. The molecule has 8 heteroatoms. The van der Waals surface area contributed by atoms with Gasteiger partial charge in [0.25, 0.3) is 5.78 Å². The fraction of sp³-hybridized carbons (Fsp3) is 0.176. The molecule has 2 aliphatic carbocycles. The minimum atomic E-state index is -4.99. The zero-order valence-corrected chi connectivity index (χ0v) is 12.5. The minimum absolute atomic E-state index is 0.456. The lowest BCUT2D eigenvalue weighted by molar-refractivity contribution is -0.190. The second-order valence-electron chi connectivity index (χ2n) is 5.55. The SMILES string of the molecule is O=CC1=CCC(=C2C=CN(C3=C(O)C(F)(F)C(F)(F)C3=O)C=C2)C=C1. The summed E-state index contributed by atoms with van der Waals surface area (Å²) in [6, 6.07) is 0. The van der Waals surface area contributed by atoms with Crippen LogP contribution in [-0.2, 0) is 9.59 Å². The van der Waals surface area contributed by atoms with Crippen molar-refractivity contribution in [3.63, 3.8) is 0 Å². The molecule has 0 atom stereocenters. The number of hydrogen-bond donors (Lipinski definition) is 1. The van der Waals surface area contributed by atoms with Gasteiger partial charge in [0.1, 0.15) is 12.0 Å². The molecule has 1 N–H and O–H groups in total. The van der Waals surface area contributed by atoms with Crippen LogP contribution in [0.15, 0.2) is 71.0 Å². The highest BCUT2D eigenvalue weighted by Crippen LogP contribution is 2.48. The first kappa shape index (κ1) is 16.9. The van der Waals surface area contributed by atoms with E-state index in [2.05, 4.69) is 0 Å². The van der Waals surface area contributed by atoms with Crippen molar-refractivity contribution in [1.29, 1.82) is 0 Å². The van der Waals surface area contributed by atoms with Crippen molar-refractivity contribution in [3.05, 3.63) is 71.0 Å². The molecule has 0 aromatic heterocycles. The predicted octanol–water partition coefficient (Wildman–Crippen LogP) is 3.33. The Morgan fingerprint density at radius 1 is 1.04 bits per heavy atom. The molecule has 0 amide bonds. The molecule has 0 bridgehead atoms. The monoisotopic (exact) mass is 353 g/mol. The van der Waals surface area contributed by atoms with Gasteiger partial charge in [0, 0.05) is 18.0 Å². The van der Waals surface area contributed by atoms with Crippen LogP contribution in [0.4, 0.5) is 17.6 Å². The Labute approximate surface area is 139 Å². The molecule has 0 saturated carbocycles. The van der Waals surface area contributed by atoms with E-state index < -0.39 is 29.1 Å². The molecule has 3 rings (SSSR count). The summed E-state index contributed by atoms with van der Waals surface area (Å²) in [7, 11) is 0. The number of carbonyl (C=O) groups excluding carboxylic acids is 2. The van der Waals surface area contributed by atoms with Crippen molar-refractivity contribution in [1.82, 2.24) is 4.90 Å². The Bertz CT molecular complexity index is 828. The molecule has 0 unspecified atom stereocenters. The second kappa shape index (κ2) is 5.58. The number of carbonyl (C=O) groups is 2. The third-order valence-corrected chi connectivity index (χ3v) is 4.05. The molecular weight excluding hydrogens is 342 g/mol. The third kappa shape index (κ3) is 2.45. The summed E-state index contributed by atoms with van der Waals surface area (Å²) < 4.78 is 53.6. The zero-order valence-electron chi connectivity index (χ0n) is 12.5. The highest BCUT2D eigenvalue weighted by atomic mass is 19.3. The summed E-state index contributed by atoms with van der Waals surface area (Å²) >= 11 is 0. The lowest BCUT2D eigenvalue weighted by Gasteiger charge is -2.20.